The summed E-state index contributed by atoms with van der Waals surface area (Å²) in [6.45, 7) is 0.519. The van der Waals surface area contributed by atoms with Gasteiger partial charge in [-0.1, -0.05) is 18.2 Å². The van der Waals surface area contributed by atoms with E-state index in [4.69, 9.17) is 0 Å². The molecule has 2 aromatic rings. The van der Waals surface area contributed by atoms with Crippen LogP contribution in [0.5, 0.6) is 5.75 Å². The predicted molar refractivity (Wildman–Crippen MR) is 67.1 cm³/mol. The van der Waals surface area contributed by atoms with Gasteiger partial charge in [-0.2, -0.15) is 0 Å². The first-order valence-electron chi connectivity index (χ1n) is 5.34. The molecule has 1 aromatic carbocycles. The van der Waals surface area contributed by atoms with Crippen LogP contribution in [0.2, 0.25) is 0 Å². The molecule has 0 fully saturated rings. The molecule has 2 rings (SSSR count). The van der Waals surface area contributed by atoms with Crippen molar-refractivity contribution in [2.75, 3.05) is 5.32 Å². The van der Waals surface area contributed by atoms with Gasteiger partial charge in [0.2, 0.25) is 5.56 Å². The number of nitrogens with zero attached hydrogens (tertiary/aromatic N) is 1. The van der Waals surface area contributed by atoms with E-state index in [9.17, 15) is 9.90 Å². The number of rotatable bonds is 3. The second kappa shape index (κ2) is 4.74. The molecule has 88 valence electrons. The molecule has 17 heavy (non-hydrogen) atoms. The van der Waals surface area contributed by atoms with Crippen LogP contribution in [0.3, 0.4) is 0 Å². The molecule has 0 aliphatic heterocycles. The lowest BCUT2D eigenvalue weighted by molar-refractivity contribution is 0.469. The number of phenolic OH excluding ortho intramolecular Hbond substituents is 1. The van der Waals surface area contributed by atoms with Gasteiger partial charge in [0.05, 0.1) is 5.69 Å². The van der Waals surface area contributed by atoms with Crippen LogP contribution in [0.1, 0.15) is 5.56 Å². The molecule has 0 bridgehead atoms. The Labute approximate surface area is 99.2 Å². The van der Waals surface area contributed by atoms with Gasteiger partial charge in [0.25, 0.3) is 0 Å². The summed E-state index contributed by atoms with van der Waals surface area (Å²) in [7, 11) is 1.70. The Morgan fingerprint density at radius 3 is 2.71 bits per heavy atom. The fourth-order valence-corrected chi connectivity index (χ4v) is 1.56. The molecule has 4 nitrogen and oxygen atoms in total. The molecule has 0 aliphatic carbocycles. The SMILES string of the molecule is Cn1cc(NCc2ccccc2O)ccc1=O. The number of pyridine rings is 1. The third-order valence-electron chi connectivity index (χ3n) is 2.56. The van der Waals surface area contributed by atoms with E-state index in [0.29, 0.717) is 6.54 Å². The van der Waals surface area contributed by atoms with Gasteiger partial charge in [-0.25, -0.2) is 0 Å². The van der Waals surface area contributed by atoms with Crippen molar-refractivity contribution < 1.29 is 5.11 Å². The lowest BCUT2D eigenvalue weighted by Crippen LogP contribution is -2.15. The van der Waals surface area contributed by atoms with E-state index in [1.807, 2.05) is 12.1 Å². The molecular weight excluding hydrogens is 216 g/mol. The molecule has 0 saturated carbocycles. The average molecular weight is 230 g/mol. The maximum atomic E-state index is 11.2. The predicted octanol–water partition coefficient (Wildman–Crippen LogP) is 1.70. The van der Waals surface area contributed by atoms with Gasteiger partial charge >= 0.3 is 0 Å². The van der Waals surface area contributed by atoms with Gasteiger partial charge in [-0.3, -0.25) is 4.79 Å². The van der Waals surface area contributed by atoms with Gasteiger partial charge in [-0.15, -0.1) is 0 Å². The fraction of sp³-hybridized carbons (Fsp3) is 0.154. The van der Waals surface area contributed by atoms with Crippen LogP contribution in [-0.4, -0.2) is 9.67 Å². The van der Waals surface area contributed by atoms with Crippen LogP contribution in [0.4, 0.5) is 5.69 Å². The van der Waals surface area contributed by atoms with Gasteiger partial charge in [0.1, 0.15) is 5.75 Å². The average Bonchev–Trinajstić information content (AvgIpc) is 2.32. The Hall–Kier alpha value is -2.23. The second-order valence-corrected chi connectivity index (χ2v) is 3.85. The van der Waals surface area contributed by atoms with E-state index in [0.717, 1.165) is 11.3 Å². The van der Waals surface area contributed by atoms with E-state index in [1.54, 1.807) is 31.4 Å². The monoisotopic (exact) mass is 230 g/mol. The number of phenols is 1. The molecule has 1 aromatic heterocycles. The van der Waals surface area contributed by atoms with Crippen molar-refractivity contribution in [2.45, 2.75) is 6.54 Å². The van der Waals surface area contributed by atoms with Crippen LogP contribution in [0.25, 0.3) is 0 Å². The zero-order valence-corrected chi connectivity index (χ0v) is 9.55. The number of aromatic hydroxyl groups is 1. The highest BCUT2D eigenvalue weighted by Gasteiger charge is 1.99. The zero-order chi connectivity index (χ0) is 12.3. The van der Waals surface area contributed by atoms with Crippen LogP contribution >= 0.6 is 0 Å². The zero-order valence-electron chi connectivity index (χ0n) is 9.55. The normalized spacial score (nSPS) is 10.2. The van der Waals surface area contributed by atoms with Crippen molar-refractivity contribution in [2.24, 2.45) is 7.05 Å². The van der Waals surface area contributed by atoms with Crippen molar-refractivity contribution in [3.63, 3.8) is 0 Å². The minimum absolute atomic E-state index is 0.0434. The third-order valence-corrected chi connectivity index (χ3v) is 2.56. The lowest BCUT2D eigenvalue weighted by atomic mass is 10.2. The standard InChI is InChI=1S/C13H14N2O2/c1-15-9-11(6-7-13(15)17)14-8-10-4-2-3-5-12(10)16/h2-7,9,14,16H,8H2,1H3. The fourth-order valence-electron chi connectivity index (χ4n) is 1.56. The number of para-hydroxylation sites is 1. The molecule has 0 unspecified atom stereocenters. The van der Waals surface area contributed by atoms with Crippen molar-refractivity contribution >= 4 is 5.69 Å². The smallest absolute Gasteiger partial charge is 0.250 e. The number of hydrogen-bond acceptors (Lipinski definition) is 3. The van der Waals surface area contributed by atoms with Crippen molar-refractivity contribution in [3.8, 4) is 5.75 Å². The summed E-state index contributed by atoms with van der Waals surface area (Å²) < 4.78 is 1.51. The Balaban J connectivity index is 2.10. The molecule has 0 amide bonds. The first-order valence-corrected chi connectivity index (χ1v) is 5.34. The van der Waals surface area contributed by atoms with E-state index in [2.05, 4.69) is 5.32 Å². The number of aryl methyl sites for hydroxylation is 1. The summed E-state index contributed by atoms with van der Waals surface area (Å²) in [4.78, 5) is 11.2. The topological polar surface area (TPSA) is 54.3 Å². The summed E-state index contributed by atoms with van der Waals surface area (Å²) in [6.07, 6.45) is 1.72. The number of hydrogen-bond donors (Lipinski definition) is 2. The van der Waals surface area contributed by atoms with E-state index in [-0.39, 0.29) is 11.3 Å². The van der Waals surface area contributed by atoms with Crippen molar-refractivity contribution in [1.29, 1.82) is 0 Å². The molecule has 0 saturated heterocycles. The number of benzene rings is 1. The molecule has 0 aliphatic rings. The van der Waals surface area contributed by atoms with Crippen LogP contribution in [0, 0.1) is 0 Å². The highest BCUT2D eigenvalue weighted by molar-refractivity contribution is 5.43. The first-order chi connectivity index (χ1) is 8.16. The summed E-state index contributed by atoms with van der Waals surface area (Å²) in [5.41, 5.74) is 1.62. The van der Waals surface area contributed by atoms with E-state index < -0.39 is 0 Å². The Kier molecular flexibility index (Phi) is 3.14. The first kappa shape index (κ1) is 11.3. The Morgan fingerprint density at radius 1 is 1.24 bits per heavy atom. The molecule has 0 radical (unpaired) electrons. The summed E-state index contributed by atoms with van der Waals surface area (Å²) in [5, 5.41) is 12.7. The second-order valence-electron chi connectivity index (χ2n) is 3.85. The maximum absolute atomic E-state index is 11.2. The van der Waals surface area contributed by atoms with Gasteiger partial charge in [-0.05, 0) is 12.1 Å². The van der Waals surface area contributed by atoms with Gasteiger partial charge < -0.3 is 15.0 Å². The highest BCUT2D eigenvalue weighted by atomic mass is 16.3. The Bertz CT molecular complexity index is 576. The molecule has 0 spiro atoms. The summed E-state index contributed by atoms with van der Waals surface area (Å²) in [6, 6.07) is 10.4. The van der Waals surface area contributed by atoms with E-state index >= 15 is 0 Å². The minimum atomic E-state index is -0.0434. The van der Waals surface area contributed by atoms with Gasteiger partial charge in [0.15, 0.2) is 0 Å². The largest absolute Gasteiger partial charge is 0.508 e. The van der Waals surface area contributed by atoms with Crippen LogP contribution in [0.15, 0.2) is 47.4 Å². The van der Waals surface area contributed by atoms with Crippen LogP contribution < -0.4 is 10.9 Å². The Morgan fingerprint density at radius 2 is 2.00 bits per heavy atom. The third kappa shape index (κ3) is 2.66. The van der Waals surface area contributed by atoms with Gasteiger partial charge in [0, 0.05) is 31.4 Å². The summed E-state index contributed by atoms with van der Waals surface area (Å²) >= 11 is 0. The number of anilines is 1. The number of aromatic nitrogens is 1. The molecule has 1 heterocycles. The minimum Gasteiger partial charge on any atom is -0.508 e. The molecule has 4 heteroatoms. The van der Waals surface area contributed by atoms with Crippen molar-refractivity contribution in [3.05, 3.63) is 58.5 Å². The maximum Gasteiger partial charge on any atom is 0.250 e. The molecule has 2 N–H and O–H groups in total. The van der Waals surface area contributed by atoms with Crippen molar-refractivity contribution in [1.82, 2.24) is 4.57 Å². The molecular formula is C13H14N2O2. The van der Waals surface area contributed by atoms with E-state index in [1.165, 1.54) is 10.6 Å². The summed E-state index contributed by atoms with van der Waals surface area (Å²) in [5.74, 6) is 0.268. The highest BCUT2D eigenvalue weighted by Crippen LogP contribution is 2.16. The lowest BCUT2D eigenvalue weighted by Gasteiger charge is -2.08. The quantitative estimate of drug-likeness (QED) is 0.843. The molecule has 0 atom stereocenters. The number of nitrogens with one attached hydrogen (secondary N) is 1. The van der Waals surface area contributed by atoms with Crippen LogP contribution in [-0.2, 0) is 13.6 Å².